The first-order chi connectivity index (χ1) is 14.3. The Morgan fingerprint density at radius 2 is 1.83 bits per heavy atom. The second kappa shape index (κ2) is 8.04. The van der Waals surface area contributed by atoms with Crippen LogP contribution in [0.4, 0.5) is 18.9 Å². The normalized spacial score (nSPS) is 16.5. The number of hydrogen-bond acceptors (Lipinski definition) is 4. The van der Waals surface area contributed by atoms with Crippen molar-refractivity contribution in [1.82, 2.24) is 9.88 Å². The molecule has 1 N–H and O–H groups in total. The molecule has 0 atom stereocenters. The van der Waals surface area contributed by atoms with Crippen LogP contribution in [0.15, 0.2) is 30.5 Å². The Morgan fingerprint density at radius 1 is 1.07 bits per heavy atom. The fraction of sp³-hybridized carbons (Fsp3) is 0.429. The van der Waals surface area contributed by atoms with Gasteiger partial charge in [-0.25, -0.2) is 0 Å². The molecule has 0 unspecified atom stereocenters. The van der Waals surface area contributed by atoms with E-state index in [0.717, 1.165) is 43.6 Å². The number of anilines is 1. The number of amides is 1. The number of Topliss-reactive ketones (excluding diaryl/α,β-unsaturated/α-hetero) is 1. The van der Waals surface area contributed by atoms with Crippen LogP contribution < -0.4 is 9.64 Å². The lowest BCUT2D eigenvalue weighted by molar-refractivity contribution is -0.274. The summed E-state index contributed by atoms with van der Waals surface area (Å²) in [5.41, 5.74) is 2.26. The van der Waals surface area contributed by atoms with Crippen LogP contribution in [0.1, 0.15) is 45.7 Å². The third kappa shape index (κ3) is 4.44. The van der Waals surface area contributed by atoms with E-state index in [9.17, 15) is 22.8 Å². The number of rotatable bonds is 5. The van der Waals surface area contributed by atoms with Crippen LogP contribution in [0.2, 0.25) is 0 Å². The number of ether oxygens (including phenoxy) is 1. The van der Waals surface area contributed by atoms with Crippen LogP contribution in [-0.2, 0) is 6.42 Å². The molecule has 6 nitrogen and oxygen atoms in total. The summed E-state index contributed by atoms with van der Waals surface area (Å²) in [6.45, 7) is 2.17. The van der Waals surface area contributed by atoms with E-state index in [1.165, 1.54) is 18.3 Å². The van der Waals surface area contributed by atoms with Gasteiger partial charge >= 0.3 is 6.36 Å². The lowest BCUT2D eigenvalue weighted by atomic mass is 10.0. The van der Waals surface area contributed by atoms with Crippen LogP contribution >= 0.6 is 0 Å². The highest BCUT2D eigenvalue weighted by molar-refractivity contribution is 6.02. The average molecular weight is 421 g/mol. The summed E-state index contributed by atoms with van der Waals surface area (Å²) in [6.07, 6.45) is 0.119. The summed E-state index contributed by atoms with van der Waals surface area (Å²) in [6, 6.07) is 5.78. The van der Waals surface area contributed by atoms with Gasteiger partial charge in [0.2, 0.25) is 0 Å². The second-order valence-electron chi connectivity index (χ2n) is 7.59. The minimum absolute atomic E-state index is 0.0850. The maximum atomic E-state index is 12.8. The van der Waals surface area contributed by atoms with Gasteiger partial charge in [0, 0.05) is 37.1 Å². The number of nitrogens with one attached hydrogen (secondary N) is 1. The number of nitrogens with zero attached hydrogens (tertiary/aromatic N) is 2. The maximum Gasteiger partial charge on any atom is 0.573 e. The molecule has 1 aromatic heterocycles. The predicted molar refractivity (Wildman–Crippen MR) is 104 cm³/mol. The molecule has 9 heteroatoms. The average Bonchev–Trinajstić information content (AvgIpc) is 3.38. The largest absolute Gasteiger partial charge is 0.573 e. The van der Waals surface area contributed by atoms with E-state index in [1.807, 2.05) is 4.90 Å². The SMILES string of the molecule is O=C(CN1CCCc2cc(OC(F)(F)F)ccc21)c1c[nH]c(C(=O)N2CCCC2)c1. The van der Waals surface area contributed by atoms with Crippen molar-refractivity contribution in [2.24, 2.45) is 0 Å². The van der Waals surface area contributed by atoms with Gasteiger partial charge in [0.15, 0.2) is 5.78 Å². The van der Waals surface area contributed by atoms with Gasteiger partial charge in [-0.1, -0.05) is 0 Å². The van der Waals surface area contributed by atoms with Crippen molar-refractivity contribution in [3.05, 3.63) is 47.3 Å². The van der Waals surface area contributed by atoms with E-state index in [4.69, 9.17) is 0 Å². The smallest absolute Gasteiger partial charge is 0.406 e. The van der Waals surface area contributed by atoms with Crippen LogP contribution in [0, 0.1) is 0 Å². The van der Waals surface area contributed by atoms with Crippen LogP contribution in [0.5, 0.6) is 5.75 Å². The van der Waals surface area contributed by atoms with Gasteiger partial charge in [-0.15, -0.1) is 13.2 Å². The molecule has 0 aliphatic carbocycles. The first kappa shape index (κ1) is 20.3. The number of halogens is 3. The number of aromatic nitrogens is 1. The molecule has 160 valence electrons. The molecule has 1 amide bonds. The number of H-pyrrole nitrogens is 1. The van der Waals surface area contributed by atoms with Gasteiger partial charge in [0.05, 0.1) is 6.54 Å². The zero-order chi connectivity index (χ0) is 21.3. The number of fused-ring (bicyclic) bond motifs is 1. The number of benzene rings is 1. The Morgan fingerprint density at radius 3 is 2.57 bits per heavy atom. The van der Waals surface area contributed by atoms with E-state index in [2.05, 4.69) is 9.72 Å². The topological polar surface area (TPSA) is 65.6 Å². The molecular formula is C21H22F3N3O3. The molecule has 30 heavy (non-hydrogen) atoms. The first-order valence-electron chi connectivity index (χ1n) is 9.95. The van der Waals surface area contributed by atoms with Crippen molar-refractivity contribution in [2.75, 3.05) is 31.1 Å². The van der Waals surface area contributed by atoms with Crippen molar-refractivity contribution in [3.8, 4) is 5.75 Å². The highest BCUT2D eigenvalue weighted by Crippen LogP contribution is 2.32. The summed E-state index contributed by atoms with van der Waals surface area (Å²) in [5, 5.41) is 0. The fourth-order valence-electron chi connectivity index (χ4n) is 4.05. The Bertz CT molecular complexity index is 948. The number of likely N-dealkylation sites (tertiary alicyclic amines) is 1. The molecule has 0 saturated carbocycles. The summed E-state index contributed by atoms with van der Waals surface area (Å²) >= 11 is 0. The molecule has 3 heterocycles. The number of hydrogen-bond donors (Lipinski definition) is 1. The van der Waals surface area contributed by atoms with Gasteiger partial charge in [-0.05, 0) is 55.5 Å². The lowest BCUT2D eigenvalue weighted by Gasteiger charge is -2.31. The monoisotopic (exact) mass is 421 g/mol. The molecule has 0 bridgehead atoms. The Kier molecular flexibility index (Phi) is 5.44. The molecule has 2 aliphatic heterocycles. The molecule has 0 radical (unpaired) electrons. The Balaban J connectivity index is 1.45. The molecule has 2 aliphatic rings. The maximum absolute atomic E-state index is 12.8. The van der Waals surface area contributed by atoms with Gasteiger partial charge < -0.3 is 19.5 Å². The van der Waals surface area contributed by atoms with E-state index in [-0.39, 0.29) is 24.0 Å². The minimum Gasteiger partial charge on any atom is -0.406 e. The van der Waals surface area contributed by atoms with E-state index >= 15 is 0 Å². The van der Waals surface area contributed by atoms with E-state index in [1.54, 1.807) is 17.0 Å². The summed E-state index contributed by atoms with van der Waals surface area (Å²) < 4.78 is 41.4. The van der Waals surface area contributed by atoms with Crippen molar-refractivity contribution >= 4 is 17.4 Å². The number of ketones is 1. The van der Waals surface area contributed by atoms with Gasteiger partial charge in [0.25, 0.3) is 5.91 Å². The third-order valence-corrected chi connectivity index (χ3v) is 5.46. The number of aryl methyl sites for hydroxylation is 1. The molecule has 0 spiro atoms. The summed E-state index contributed by atoms with van der Waals surface area (Å²) in [4.78, 5) is 31.7. The Labute approximate surface area is 171 Å². The highest BCUT2D eigenvalue weighted by Gasteiger charge is 2.32. The fourth-order valence-corrected chi connectivity index (χ4v) is 4.05. The van der Waals surface area contributed by atoms with Crippen molar-refractivity contribution < 1.29 is 27.5 Å². The molecule has 4 rings (SSSR count). The third-order valence-electron chi connectivity index (χ3n) is 5.46. The molecular weight excluding hydrogens is 399 g/mol. The standard InChI is InChI=1S/C21H22F3N3O3/c22-21(23,24)30-16-5-6-18-14(10-16)4-3-9-27(18)13-19(28)15-11-17(25-12-15)20(29)26-7-1-2-8-26/h5-6,10-12,25H,1-4,7-9,13H2. The van der Waals surface area contributed by atoms with Gasteiger partial charge in [0.1, 0.15) is 11.4 Å². The van der Waals surface area contributed by atoms with Crippen LogP contribution in [-0.4, -0.2) is 54.1 Å². The van der Waals surface area contributed by atoms with Crippen molar-refractivity contribution in [2.45, 2.75) is 32.0 Å². The van der Waals surface area contributed by atoms with E-state index < -0.39 is 6.36 Å². The van der Waals surface area contributed by atoms with Crippen LogP contribution in [0.25, 0.3) is 0 Å². The number of carbonyl (C=O) groups is 2. The molecule has 1 saturated heterocycles. The van der Waals surface area contributed by atoms with Crippen molar-refractivity contribution in [3.63, 3.8) is 0 Å². The van der Waals surface area contributed by atoms with Gasteiger partial charge in [-0.3, -0.25) is 9.59 Å². The number of aromatic amines is 1. The molecule has 1 fully saturated rings. The lowest BCUT2D eigenvalue weighted by Crippen LogP contribution is -2.34. The molecule has 1 aromatic carbocycles. The number of carbonyl (C=O) groups excluding carboxylic acids is 2. The zero-order valence-corrected chi connectivity index (χ0v) is 16.3. The second-order valence-corrected chi connectivity index (χ2v) is 7.59. The molecule has 2 aromatic rings. The van der Waals surface area contributed by atoms with Crippen molar-refractivity contribution in [1.29, 1.82) is 0 Å². The quantitative estimate of drug-likeness (QED) is 0.747. The minimum atomic E-state index is -4.74. The highest BCUT2D eigenvalue weighted by atomic mass is 19.4. The van der Waals surface area contributed by atoms with Crippen LogP contribution in [0.3, 0.4) is 0 Å². The zero-order valence-electron chi connectivity index (χ0n) is 16.3. The number of alkyl halides is 3. The summed E-state index contributed by atoms with van der Waals surface area (Å²) in [5.74, 6) is -0.521. The van der Waals surface area contributed by atoms with E-state index in [0.29, 0.717) is 24.2 Å². The first-order valence-corrected chi connectivity index (χ1v) is 9.95. The summed E-state index contributed by atoms with van der Waals surface area (Å²) in [7, 11) is 0. The Hall–Kier alpha value is -2.97. The predicted octanol–water partition coefficient (Wildman–Crippen LogP) is 3.78. The van der Waals surface area contributed by atoms with Gasteiger partial charge in [-0.2, -0.15) is 0 Å².